The summed E-state index contributed by atoms with van der Waals surface area (Å²) < 4.78 is 10.3. The number of phenols is 1. The average molecular weight is 222 g/mol. The van der Waals surface area contributed by atoms with Gasteiger partial charge in [-0.2, -0.15) is 0 Å². The van der Waals surface area contributed by atoms with Gasteiger partial charge in [0.25, 0.3) is 0 Å². The van der Waals surface area contributed by atoms with Crippen LogP contribution in [0.3, 0.4) is 0 Å². The molecule has 0 heterocycles. The molecular weight excluding hydrogens is 204 g/mol. The minimum atomic E-state index is 0.232. The fourth-order valence-corrected chi connectivity index (χ4v) is 1.39. The van der Waals surface area contributed by atoms with Crippen molar-refractivity contribution >= 4 is 0 Å². The van der Waals surface area contributed by atoms with Crippen LogP contribution in [0.15, 0.2) is 23.8 Å². The molecule has 0 saturated heterocycles. The van der Waals surface area contributed by atoms with Gasteiger partial charge in [-0.25, -0.2) is 0 Å². The van der Waals surface area contributed by atoms with Crippen LogP contribution in [-0.2, 0) is 6.42 Å². The number of ether oxygens (including phenoxy) is 2. The Morgan fingerprint density at radius 2 is 1.75 bits per heavy atom. The fourth-order valence-electron chi connectivity index (χ4n) is 1.39. The molecule has 0 aliphatic carbocycles. The lowest BCUT2D eigenvalue weighted by Gasteiger charge is -2.10. The highest BCUT2D eigenvalue weighted by atomic mass is 16.5. The Bertz CT molecular complexity index is 390. The third-order valence-corrected chi connectivity index (χ3v) is 2.32. The topological polar surface area (TPSA) is 38.7 Å². The van der Waals surface area contributed by atoms with E-state index in [1.807, 2.05) is 13.8 Å². The average Bonchev–Trinajstić information content (AvgIpc) is 2.26. The van der Waals surface area contributed by atoms with Gasteiger partial charge in [0.05, 0.1) is 14.2 Å². The summed E-state index contributed by atoms with van der Waals surface area (Å²) in [4.78, 5) is 0. The van der Waals surface area contributed by atoms with Crippen LogP contribution in [0, 0.1) is 0 Å². The maximum atomic E-state index is 9.79. The van der Waals surface area contributed by atoms with Gasteiger partial charge in [-0.1, -0.05) is 11.6 Å². The van der Waals surface area contributed by atoms with E-state index in [1.165, 1.54) is 5.57 Å². The summed E-state index contributed by atoms with van der Waals surface area (Å²) in [6, 6.07) is 3.38. The number of phenolic OH excluding ortho intramolecular Hbond substituents is 1. The number of benzene rings is 1. The van der Waals surface area contributed by atoms with Crippen molar-refractivity contribution in [3.8, 4) is 17.2 Å². The molecule has 1 aromatic rings. The summed E-state index contributed by atoms with van der Waals surface area (Å²) in [6.45, 7) is 4.05. The highest BCUT2D eigenvalue weighted by Gasteiger charge is 2.09. The first-order valence-corrected chi connectivity index (χ1v) is 5.15. The minimum absolute atomic E-state index is 0.232. The largest absolute Gasteiger partial charge is 0.508 e. The molecule has 0 aliphatic rings. The molecule has 0 atom stereocenters. The molecule has 0 radical (unpaired) electrons. The Kier molecular flexibility index (Phi) is 4.23. The predicted octanol–water partition coefficient (Wildman–Crippen LogP) is 2.92. The number of methoxy groups -OCH3 is 2. The zero-order valence-corrected chi connectivity index (χ0v) is 10.2. The van der Waals surface area contributed by atoms with Gasteiger partial charge in [-0.15, -0.1) is 0 Å². The van der Waals surface area contributed by atoms with Crippen molar-refractivity contribution in [3.63, 3.8) is 0 Å². The molecule has 0 aromatic heterocycles. The quantitative estimate of drug-likeness (QED) is 0.796. The van der Waals surface area contributed by atoms with E-state index in [2.05, 4.69) is 6.08 Å². The van der Waals surface area contributed by atoms with Gasteiger partial charge in [0.15, 0.2) is 11.5 Å². The van der Waals surface area contributed by atoms with Gasteiger partial charge in [-0.05, 0) is 26.3 Å². The Morgan fingerprint density at radius 3 is 2.25 bits per heavy atom. The number of allylic oxidation sites excluding steroid dienone is 2. The lowest BCUT2D eigenvalue weighted by molar-refractivity contribution is 0.350. The van der Waals surface area contributed by atoms with Gasteiger partial charge in [0, 0.05) is 11.6 Å². The minimum Gasteiger partial charge on any atom is -0.508 e. The van der Waals surface area contributed by atoms with E-state index in [0.717, 1.165) is 5.56 Å². The summed E-state index contributed by atoms with van der Waals surface area (Å²) in [5.74, 6) is 1.41. The lowest BCUT2D eigenvalue weighted by Crippen LogP contribution is -1.93. The van der Waals surface area contributed by atoms with Crippen LogP contribution >= 0.6 is 0 Å². The molecule has 1 rings (SSSR count). The van der Waals surface area contributed by atoms with E-state index in [0.29, 0.717) is 17.9 Å². The summed E-state index contributed by atoms with van der Waals surface area (Å²) >= 11 is 0. The van der Waals surface area contributed by atoms with E-state index in [-0.39, 0.29) is 5.75 Å². The highest BCUT2D eigenvalue weighted by Crippen LogP contribution is 2.34. The molecule has 0 aliphatic heterocycles. The van der Waals surface area contributed by atoms with E-state index < -0.39 is 0 Å². The molecule has 0 spiro atoms. The van der Waals surface area contributed by atoms with Crippen LogP contribution in [0.1, 0.15) is 19.4 Å². The zero-order valence-electron chi connectivity index (χ0n) is 10.2. The molecule has 1 N–H and O–H groups in total. The summed E-state index contributed by atoms with van der Waals surface area (Å²) in [7, 11) is 3.13. The van der Waals surface area contributed by atoms with Crippen LogP contribution in [0.5, 0.6) is 17.2 Å². The second kappa shape index (κ2) is 5.45. The predicted molar refractivity (Wildman–Crippen MR) is 64.3 cm³/mol. The summed E-state index contributed by atoms with van der Waals surface area (Å²) in [6.07, 6.45) is 2.75. The van der Waals surface area contributed by atoms with Crippen molar-refractivity contribution in [2.75, 3.05) is 14.2 Å². The molecule has 3 heteroatoms. The Hall–Kier alpha value is -1.64. The van der Waals surface area contributed by atoms with Crippen molar-refractivity contribution in [1.82, 2.24) is 0 Å². The third-order valence-electron chi connectivity index (χ3n) is 2.32. The third kappa shape index (κ3) is 2.92. The van der Waals surface area contributed by atoms with Crippen LogP contribution in [-0.4, -0.2) is 19.3 Å². The Labute approximate surface area is 96.3 Å². The second-order valence-electron chi connectivity index (χ2n) is 3.82. The van der Waals surface area contributed by atoms with Crippen molar-refractivity contribution in [2.24, 2.45) is 0 Å². The monoisotopic (exact) mass is 222 g/mol. The van der Waals surface area contributed by atoms with Crippen molar-refractivity contribution in [1.29, 1.82) is 0 Å². The standard InChI is InChI=1S/C13H18O3/c1-9(2)5-6-10-7-12(15-3)13(16-4)8-11(10)14/h5,7-8,14H,6H2,1-4H3. The van der Waals surface area contributed by atoms with Gasteiger partial charge in [0.1, 0.15) is 5.75 Å². The molecule has 0 unspecified atom stereocenters. The van der Waals surface area contributed by atoms with E-state index >= 15 is 0 Å². The van der Waals surface area contributed by atoms with Gasteiger partial charge in [0.2, 0.25) is 0 Å². The van der Waals surface area contributed by atoms with Crippen molar-refractivity contribution < 1.29 is 14.6 Å². The first-order chi connectivity index (χ1) is 7.58. The van der Waals surface area contributed by atoms with Crippen LogP contribution in [0.2, 0.25) is 0 Å². The molecule has 0 bridgehead atoms. The lowest BCUT2D eigenvalue weighted by atomic mass is 10.1. The van der Waals surface area contributed by atoms with E-state index in [4.69, 9.17) is 9.47 Å². The van der Waals surface area contributed by atoms with E-state index in [9.17, 15) is 5.11 Å². The number of hydrogen-bond acceptors (Lipinski definition) is 3. The number of rotatable bonds is 4. The molecule has 1 aromatic carbocycles. The normalized spacial score (nSPS) is 9.75. The Morgan fingerprint density at radius 1 is 1.19 bits per heavy atom. The van der Waals surface area contributed by atoms with Crippen LogP contribution in [0.4, 0.5) is 0 Å². The van der Waals surface area contributed by atoms with E-state index in [1.54, 1.807) is 26.4 Å². The zero-order chi connectivity index (χ0) is 12.1. The Balaban J connectivity index is 3.06. The molecule has 0 fully saturated rings. The SMILES string of the molecule is COc1cc(O)c(CC=C(C)C)cc1OC. The number of hydrogen-bond donors (Lipinski definition) is 1. The van der Waals surface area contributed by atoms with Crippen molar-refractivity contribution in [2.45, 2.75) is 20.3 Å². The highest BCUT2D eigenvalue weighted by molar-refractivity contribution is 5.50. The van der Waals surface area contributed by atoms with Gasteiger partial charge in [-0.3, -0.25) is 0 Å². The summed E-state index contributed by atoms with van der Waals surface area (Å²) in [5, 5.41) is 9.79. The van der Waals surface area contributed by atoms with Crippen molar-refractivity contribution in [3.05, 3.63) is 29.3 Å². The fraction of sp³-hybridized carbons (Fsp3) is 0.385. The first kappa shape index (κ1) is 12.4. The maximum Gasteiger partial charge on any atom is 0.164 e. The molecule has 16 heavy (non-hydrogen) atoms. The van der Waals surface area contributed by atoms with Gasteiger partial charge >= 0.3 is 0 Å². The summed E-state index contributed by atoms with van der Waals surface area (Å²) in [5.41, 5.74) is 2.05. The van der Waals surface area contributed by atoms with Gasteiger partial charge < -0.3 is 14.6 Å². The van der Waals surface area contributed by atoms with Crippen LogP contribution in [0.25, 0.3) is 0 Å². The molecule has 0 amide bonds. The van der Waals surface area contributed by atoms with Crippen LogP contribution < -0.4 is 9.47 Å². The molecule has 3 nitrogen and oxygen atoms in total. The first-order valence-electron chi connectivity index (χ1n) is 5.15. The second-order valence-corrected chi connectivity index (χ2v) is 3.82. The number of aromatic hydroxyl groups is 1. The smallest absolute Gasteiger partial charge is 0.164 e. The molecule has 88 valence electrons. The maximum absolute atomic E-state index is 9.79. The molecular formula is C13H18O3. The molecule has 0 saturated carbocycles.